The van der Waals surface area contributed by atoms with E-state index in [0.717, 1.165) is 11.3 Å². The van der Waals surface area contributed by atoms with E-state index < -0.39 is 0 Å². The van der Waals surface area contributed by atoms with Crippen molar-refractivity contribution >= 4 is 5.69 Å². The van der Waals surface area contributed by atoms with E-state index >= 15 is 0 Å². The van der Waals surface area contributed by atoms with Crippen molar-refractivity contribution in [3.63, 3.8) is 0 Å². The standard InChI is InChI=1S/C10H13NO/c1-2-7-12-8-9-5-3-4-6-10(9)11/h2-6H,1,7-8,11H2. The first-order valence-corrected chi connectivity index (χ1v) is 3.86. The maximum atomic E-state index is 5.70. The SMILES string of the molecule is C=CCOCc1ccccc1N. The molecule has 0 heterocycles. The van der Waals surface area contributed by atoms with Crippen LogP contribution in [0.2, 0.25) is 0 Å². The van der Waals surface area contributed by atoms with Gasteiger partial charge in [-0.25, -0.2) is 0 Å². The number of hydrogen-bond donors (Lipinski definition) is 1. The van der Waals surface area contributed by atoms with Crippen LogP contribution < -0.4 is 5.73 Å². The van der Waals surface area contributed by atoms with Crippen molar-refractivity contribution in [3.8, 4) is 0 Å². The van der Waals surface area contributed by atoms with Crippen LogP contribution in [0.5, 0.6) is 0 Å². The number of anilines is 1. The number of ether oxygens (including phenoxy) is 1. The minimum absolute atomic E-state index is 0.554. The highest BCUT2D eigenvalue weighted by atomic mass is 16.5. The van der Waals surface area contributed by atoms with Crippen molar-refractivity contribution in [3.05, 3.63) is 42.5 Å². The maximum Gasteiger partial charge on any atom is 0.0741 e. The Morgan fingerprint density at radius 2 is 2.17 bits per heavy atom. The second-order valence-electron chi connectivity index (χ2n) is 2.50. The third-order valence-corrected chi connectivity index (χ3v) is 1.55. The Morgan fingerprint density at radius 3 is 2.83 bits per heavy atom. The Balaban J connectivity index is 2.51. The van der Waals surface area contributed by atoms with E-state index in [1.54, 1.807) is 6.08 Å². The number of nitrogens with two attached hydrogens (primary N) is 1. The quantitative estimate of drug-likeness (QED) is 0.418. The zero-order chi connectivity index (χ0) is 8.81. The molecule has 0 aliphatic heterocycles. The lowest BCUT2D eigenvalue weighted by molar-refractivity contribution is 0.149. The second kappa shape index (κ2) is 4.57. The molecule has 1 aromatic rings. The summed E-state index contributed by atoms with van der Waals surface area (Å²) < 4.78 is 5.25. The predicted octanol–water partition coefficient (Wildman–Crippen LogP) is 1.97. The van der Waals surface area contributed by atoms with Gasteiger partial charge in [0.15, 0.2) is 0 Å². The van der Waals surface area contributed by atoms with Crippen molar-refractivity contribution in [2.24, 2.45) is 0 Å². The highest BCUT2D eigenvalue weighted by molar-refractivity contribution is 5.45. The van der Waals surface area contributed by atoms with Crippen LogP contribution in [0.3, 0.4) is 0 Å². The number of rotatable bonds is 4. The molecule has 0 atom stereocenters. The van der Waals surface area contributed by atoms with Gasteiger partial charge in [0.1, 0.15) is 0 Å². The smallest absolute Gasteiger partial charge is 0.0741 e. The molecular formula is C10H13NO. The van der Waals surface area contributed by atoms with Gasteiger partial charge in [0.25, 0.3) is 0 Å². The van der Waals surface area contributed by atoms with Gasteiger partial charge < -0.3 is 10.5 Å². The minimum atomic E-state index is 0.554. The van der Waals surface area contributed by atoms with Crippen molar-refractivity contribution in [2.75, 3.05) is 12.3 Å². The molecule has 0 saturated heterocycles. The van der Waals surface area contributed by atoms with E-state index in [1.165, 1.54) is 0 Å². The van der Waals surface area contributed by atoms with Crippen LogP contribution in [0.15, 0.2) is 36.9 Å². The highest BCUT2D eigenvalue weighted by Gasteiger charge is 1.95. The Kier molecular flexibility index (Phi) is 3.35. The molecule has 0 bridgehead atoms. The molecule has 0 radical (unpaired) electrons. The van der Waals surface area contributed by atoms with Gasteiger partial charge in [-0.3, -0.25) is 0 Å². The van der Waals surface area contributed by atoms with Crippen LogP contribution in [0.1, 0.15) is 5.56 Å². The molecule has 64 valence electrons. The lowest BCUT2D eigenvalue weighted by atomic mass is 10.2. The molecule has 0 amide bonds. The van der Waals surface area contributed by atoms with Crippen molar-refractivity contribution < 1.29 is 4.74 Å². The first-order valence-electron chi connectivity index (χ1n) is 3.86. The zero-order valence-electron chi connectivity index (χ0n) is 6.99. The summed E-state index contributed by atoms with van der Waals surface area (Å²) in [4.78, 5) is 0. The molecule has 12 heavy (non-hydrogen) atoms. The van der Waals surface area contributed by atoms with Crippen LogP contribution in [0, 0.1) is 0 Å². The topological polar surface area (TPSA) is 35.2 Å². The third-order valence-electron chi connectivity index (χ3n) is 1.55. The predicted molar refractivity (Wildman–Crippen MR) is 50.7 cm³/mol. The van der Waals surface area contributed by atoms with Crippen LogP contribution >= 0.6 is 0 Å². The first-order chi connectivity index (χ1) is 5.84. The molecular weight excluding hydrogens is 150 g/mol. The fourth-order valence-corrected chi connectivity index (χ4v) is 0.918. The average molecular weight is 163 g/mol. The summed E-state index contributed by atoms with van der Waals surface area (Å²) in [6.07, 6.45) is 1.72. The fraction of sp³-hybridized carbons (Fsp3) is 0.200. The number of nitrogen functional groups attached to an aromatic ring is 1. The molecule has 1 aromatic carbocycles. The van der Waals surface area contributed by atoms with Gasteiger partial charge in [-0.1, -0.05) is 24.3 Å². The van der Waals surface area contributed by atoms with Gasteiger partial charge >= 0.3 is 0 Å². The number of para-hydroxylation sites is 1. The van der Waals surface area contributed by atoms with E-state index in [0.29, 0.717) is 13.2 Å². The van der Waals surface area contributed by atoms with Crippen molar-refractivity contribution in [2.45, 2.75) is 6.61 Å². The molecule has 0 fully saturated rings. The Hall–Kier alpha value is -1.28. The van der Waals surface area contributed by atoms with E-state index in [2.05, 4.69) is 6.58 Å². The average Bonchev–Trinajstić information content (AvgIpc) is 2.09. The maximum absolute atomic E-state index is 5.70. The Morgan fingerprint density at radius 1 is 1.42 bits per heavy atom. The molecule has 1 rings (SSSR count). The monoisotopic (exact) mass is 163 g/mol. The van der Waals surface area contributed by atoms with Crippen LogP contribution in [-0.4, -0.2) is 6.61 Å². The number of hydrogen-bond acceptors (Lipinski definition) is 2. The fourth-order valence-electron chi connectivity index (χ4n) is 0.918. The van der Waals surface area contributed by atoms with E-state index in [4.69, 9.17) is 10.5 Å². The van der Waals surface area contributed by atoms with Gasteiger partial charge in [-0.15, -0.1) is 6.58 Å². The normalized spacial score (nSPS) is 9.67. The molecule has 0 unspecified atom stereocenters. The van der Waals surface area contributed by atoms with E-state index in [9.17, 15) is 0 Å². The third kappa shape index (κ3) is 2.40. The molecule has 2 heteroatoms. The minimum Gasteiger partial charge on any atom is -0.398 e. The van der Waals surface area contributed by atoms with Crippen LogP contribution in [0.25, 0.3) is 0 Å². The molecule has 0 spiro atoms. The van der Waals surface area contributed by atoms with E-state index in [1.807, 2.05) is 24.3 Å². The van der Waals surface area contributed by atoms with Gasteiger partial charge in [0.05, 0.1) is 13.2 Å². The lowest BCUT2D eigenvalue weighted by Crippen LogP contribution is -1.97. The molecule has 2 N–H and O–H groups in total. The van der Waals surface area contributed by atoms with Gasteiger partial charge in [0.2, 0.25) is 0 Å². The highest BCUT2D eigenvalue weighted by Crippen LogP contribution is 2.10. The summed E-state index contributed by atoms with van der Waals surface area (Å²) in [5.41, 5.74) is 7.50. The number of benzene rings is 1. The summed E-state index contributed by atoms with van der Waals surface area (Å²) in [7, 11) is 0. The molecule has 0 aromatic heterocycles. The summed E-state index contributed by atoms with van der Waals surface area (Å²) in [6, 6.07) is 7.68. The van der Waals surface area contributed by atoms with Gasteiger partial charge in [0, 0.05) is 11.3 Å². The van der Waals surface area contributed by atoms with Crippen LogP contribution in [0.4, 0.5) is 5.69 Å². The van der Waals surface area contributed by atoms with Crippen LogP contribution in [-0.2, 0) is 11.3 Å². The Bertz CT molecular complexity index is 258. The van der Waals surface area contributed by atoms with Gasteiger partial charge in [-0.05, 0) is 6.07 Å². The van der Waals surface area contributed by atoms with E-state index in [-0.39, 0.29) is 0 Å². The lowest BCUT2D eigenvalue weighted by Gasteiger charge is -2.04. The molecule has 0 aliphatic carbocycles. The first kappa shape index (κ1) is 8.81. The summed E-state index contributed by atoms with van der Waals surface area (Å²) >= 11 is 0. The largest absolute Gasteiger partial charge is 0.398 e. The Labute approximate surface area is 72.7 Å². The second-order valence-corrected chi connectivity index (χ2v) is 2.50. The summed E-state index contributed by atoms with van der Waals surface area (Å²) in [5.74, 6) is 0. The summed E-state index contributed by atoms with van der Waals surface area (Å²) in [6.45, 7) is 4.68. The molecule has 2 nitrogen and oxygen atoms in total. The van der Waals surface area contributed by atoms with Crippen molar-refractivity contribution in [1.82, 2.24) is 0 Å². The molecule has 0 aliphatic rings. The molecule has 0 saturated carbocycles. The summed E-state index contributed by atoms with van der Waals surface area (Å²) in [5, 5.41) is 0. The zero-order valence-corrected chi connectivity index (χ0v) is 6.99. The van der Waals surface area contributed by atoms with Gasteiger partial charge in [-0.2, -0.15) is 0 Å². The van der Waals surface area contributed by atoms with Crippen molar-refractivity contribution in [1.29, 1.82) is 0 Å².